The molecule has 18 heavy (non-hydrogen) atoms. The largest absolute Gasteiger partial charge is 0.204 e. The van der Waals surface area contributed by atoms with Gasteiger partial charge in [-0.05, 0) is 55.2 Å². The van der Waals surface area contributed by atoms with E-state index in [4.69, 9.17) is 11.6 Å². The van der Waals surface area contributed by atoms with Crippen LogP contribution in [0.2, 0.25) is 0 Å². The Morgan fingerprint density at radius 2 is 2.00 bits per heavy atom. The van der Waals surface area contributed by atoms with Crippen molar-refractivity contribution in [1.29, 1.82) is 0 Å². The summed E-state index contributed by atoms with van der Waals surface area (Å²) in [6.45, 7) is 2.20. The van der Waals surface area contributed by atoms with E-state index in [1.165, 1.54) is 25.0 Å². The molecule has 0 bridgehead atoms. The number of alkyl halides is 1. The lowest BCUT2D eigenvalue weighted by molar-refractivity contribution is 0.264. The summed E-state index contributed by atoms with van der Waals surface area (Å²) in [5.74, 6) is -0.428. The van der Waals surface area contributed by atoms with Crippen LogP contribution in [0.25, 0.3) is 0 Å². The Bertz CT molecular complexity index is 405. The van der Waals surface area contributed by atoms with Gasteiger partial charge in [-0.15, -0.1) is 11.6 Å². The Kier molecular flexibility index (Phi) is 4.60. The third kappa shape index (κ3) is 3.23. The SMILES string of the molecule is CCC1CCC(Cl)C(Cc2ccc(F)c(F)c2)C1. The topological polar surface area (TPSA) is 0 Å². The number of hydrogen-bond donors (Lipinski definition) is 0. The molecule has 1 aromatic rings. The van der Waals surface area contributed by atoms with E-state index in [9.17, 15) is 8.78 Å². The van der Waals surface area contributed by atoms with Crippen molar-refractivity contribution in [3.63, 3.8) is 0 Å². The maximum atomic E-state index is 13.2. The highest BCUT2D eigenvalue weighted by Crippen LogP contribution is 2.36. The van der Waals surface area contributed by atoms with Crippen LogP contribution < -0.4 is 0 Å². The first kappa shape index (κ1) is 13.8. The van der Waals surface area contributed by atoms with E-state index >= 15 is 0 Å². The maximum absolute atomic E-state index is 13.2. The molecule has 2 rings (SSSR count). The molecule has 1 aromatic carbocycles. The van der Waals surface area contributed by atoms with Crippen LogP contribution in [0.1, 0.15) is 38.2 Å². The summed E-state index contributed by atoms with van der Waals surface area (Å²) in [6, 6.07) is 4.17. The molecule has 0 saturated heterocycles. The standard InChI is InChI=1S/C15H19ClF2/c1-2-10-3-5-13(16)12(7-10)8-11-4-6-14(17)15(18)9-11/h4,6,9-10,12-13H,2-3,5,7-8H2,1H3. The molecule has 0 nitrogen and oxygen atoms in total. The molecular formula is C15H19ClF2. The molecule has 100 valence electrons. The quantitative estimate of drug-likeness (QED) is 0.684. The van der Waals surface area contributed by atoms with E-state index in [0.717, 1.165) is 30.7 Å². The fourth-order valence-electron chi connectivity index (χ4n) is 2.88. The Labute approximate surface area is 112 Å². The van der Waals surface area contributed by atoms with Crippen LogP contribution in [0.15, 0.2) is 18.2 Å². The minimum atomic E-state index is -0.781. The predicted octanol–water partition coefficient (Wildman–Crippen LogP) is 4.94. The lowest BCUT2D eigenvalue weighted by Gasteiger charge is -2.32. The Balaban J connectivity index is 2.04. The monoisotopic (exact) mass is 272 g/mol. The lowest BCUT2D eigenvalue weighted by atomic mass is 9.77. The Morgan fingerprint density at radius 1 is 1.22 bits per heavy atom. The first-order chi connectivity index (χ1) is 8.60. The summed E-state index contributed by atoms with van der Waals surface area (Å²) in [5.41, 5.74) is 0.848. The smallest absolute Gasteiger partial charge is 0.159 e. The molecule has 0 N–H and O–H groups in total. The van der Waals surface area contributed by atoms with Crippen LogP contribution in [-0.2, 0) is 6.42 Å². The number of rotatable bonds is 3. The van der Waals surface area contributed by atoms with Crippen molar-refractivity contribution in [2.24, 2.45) is 11.8 Å². The van der Waals surface area contributed by atoms with Gasteiger partial charge in [-0.2, -0.15) is 0 Å². The molecule has 0 amide bonds. The van der Waals surface area contributed by atoms with Gasteiger partial charge in [0.25, 0.3) is 0 Å². The zero-order valence-electron chi connectivity index (χ0n) is 10.6. The fraction of sp³-hybridized carbons (Fsp3) is 0.600. The zero-order valence-corrected chi connectivity index (χ0v) is 11.4. The van der Waals surface area contributed by atoms with E-state index in [1.54, 1.807) is 6.07 Å². The molecule has 3 heteroatoms. The first-order valence-corrected chi connectivity index (χ1v) is 7.11. The van der Waals surface area contributed by atoms with E-state index in [0.29, 0.717) is 5.92 Å². The molecule has 1 fully saturated rings. The highest BCUT2D eigenvalue weighted by molar-refractivity contribution is 6.20. The minimum Gasteiger partial charge on any atom is -0.204 e. The van der Waals surface area contributed by atoms with Crippen molar-refractivity contribution in [2.45, 2.75) is 44.4 Å². The minimum absolute atomic E-state index is 0.168. The van der Waals surface area contributed by atoms with Gasteiger partial charge in [0.05, 0.1) is 0 Å². The van der Waals surface area contributed by atoms with Crippen LogP contribution in [0, 0.1) is 23.5 Å². The summed E-state index contributed by atoms with van der Waals surface area (Å²) in [7, 11) is 0. The van der Waals surface area contributed by atoms with E-state index in [1.807, 2.05) is 0 Å². The summed E-state index contributed by atoms with van der Waals surface area (Å²) in [5, 5.41) is 0.168. The van der Waals surface area contributed by atoms with Crippen LogP contribution in [0.4, 0.5) is 8.78 Å². The van der Waals surface area contributed by atoms with Crippen LogP contribution in [0.5, 0.6) is 0 Å². The van der Waals surface area contributed by atoms with Gasteiger partial charge < -0.3 is 0 Å². The molecule has 1 aliphatic rings. The van der Waals surface area contributed by atoms with Crippen molar-refractivity contribution < 1.29 is 8.78 Å². The molecule has 0 aromatic heterocycles. The van der Waals surface area contributed by atoms with Crippen molar-refractivity contribution in [3.05, 3.63) is 35.4 Å². The maximum Gasteiger partial charge on any atom is 0.159 e. The second kappa shape index (κ2) is 6.01. The molecule has 1 aliphatic carbocycles. The molecule has 1 saturated carbocycles. The highest BCUT2D eigenvalue weighted by Gasteiger charge is 2.28. The van der Waals surface area contributed by atoms with Crippen molar-refractivity contribution in [1.82, 2.24) is 0 Å². The van der Waals surface area contributed by atoms with Crippen LogP contribution in [0.3, 0.4) is 0 Å². The second-order valence-electron chi connectivity index (χ2n) is 5.32. The highest BCUT2D eigenvalue weighted by atomic mass is 35.5. The van der Waals surface area contributed by atoms with Crippen molar-refractivity contribution >= 4 is 11.6 Å². The molecule has 0 aliphatic heterocycles. The Hall–Kier alpha value is -0.630. The van der Waals surface area contributed by atoms with E-state index in [2.05, 4.69) is 6.92 Å². The molecular weight excluding hydrogens is 254 g/mol. The fourth-order valence-corrected chi connectivity index (χ4v) is 3.19. The zero-order chi connectivity index (χ0) is 13.1. The summed E-state index contributed by atoms with van der Waals surface area (Å²) >= 11 is 6.36. The third-order valence-corrected chi connectivity index (χ3v) is 4.63. The van der Waals surface area contributed by atoms with E-state index in [-0.39, 0.29) is 5.38 Å². The Morgan fingerprint density at radius 3 is 2.67 bits per heavy atom. The lowest BCUT2D eigenvalue weighted by Crippen LogP contribution is -2.26. The first-order valence-electron chi connectivity index (χ1n) is 6.68. The van der Waals surface area contributed by atoms with Crippen LogP contribution in [-0.4, -0.2) is 5.38 Å². The van der Waals surface area contributed by atoms with Gasteiger partial charge in [0.2, 0.25) is 0 Å². The van der Waals surface area contributed by atoms with Gasteiger partial charge in [0, 0.05) is 5.38 Å². The summed E-state index contributed by atoms with van der Waals surface area (Å²) < 4.78 is 26.0. The third-order valence-electron chi connectivity index (χ3n) is 4.06. The van der Waals surface area contributed by atoms with E-state index < -0.39 is 11.6 Å². The summed E-state index contributed by atoms with van der Waals surface area (Å²) in [4.78, 5) is 0. The normalized spacial score (nSPS) is 28.3. The van der Waals surface area contributed by atoms with Gasteiger partial charge in [0.1, 0.15) is 0 Å². The molecule has 3 unspecified atom stereocenters. The van der Waals surface area contributed by atoms with Gasteiger partial charge in [-0.1, -0.05) is 19.4 Å². The van der Waals surface area contributed by atoms with Gasteiger partial charge in [-0.25, -0.2) is 8.78 Å². The van der Waals surface area contributed by atoms with Gasteiger partial charge in [-0.3, -0.25) is 0 Å². The number of benzene rings is 1. The second-order valence-corrected chi connectivity index (χ2v) is 5.88. The average Bonchev–Trinajstić information content (AvgIpc) is 2.36. The molecule has 0 heterocycles. The van der Waals surface area contributed by atoms with Crippen LogP contribution >= 0.6 is 11.6 Å². The van der Waals surface area contributed by atoms with Crippen molar-refractivity contribution in [2.75, 3.05) is 0 Å². The molecule has 0 radical (unpaired) electrons. The predicted molar refractivity (Wildman–Crippen MR) is 70.8 cm³/mol. The molecule has 3 atom stereocenters. The number of hydrogen-bond acceptors (Lipinski definition) is 0. The van der Waals surface area contributed by atoms with Gasteiger partial charge in [0.15, 0.2) is 11.6 Å². The van der Waals surface area contributed by atoms with Gasteiger partial charge >= 0.3 is 0 Å². The number of halogens is 3. The van der Waals surface area contributed by atoms with Crippen molar-refractivity contribution in [3.8, 4) is 0 Å². The summed E-state index contributed by atoms with van der Waals surface area (Å²) in [6.07, 6.45) is 5.26. The average molecular weight is 273 g/mol. The molecule has 0 spiro atoms.